The van der Waals surface area contributed by atoms with Gasteiger partial charge in [-0.2, -0.15) is 35.4 Å². The molecule has 0 heterocycles. The van der Waals surface area contributed by atoms with Gasteiger partial charge in [-0.25, -0.2) is 24.3 Å². The van der Waals surface area contributed by atoms with E-state index in [9.17, 15) is 0 Å². The van der Waals surface area contributed by atoms with E-state index in [1.165, 1.54) is 16.7 Å². The Hall–Kier alpha value is -0.907. The molecule has 0 nitrogen and oxygen atoms in total. The largest absolute Gasteiger partial charge is 2.00 e. The van der Waals surface area contributed by atoms with E-state index in [0.29, 0.717) is 5.88 Å². The van der Waals surface area contributed by atoms with Crippen LogP contribution in [0, 0.1) is 0 Å². The summed E-state index contributed by atoms with van der Waals surface area (Å²) in [6.07, 6.45) is 2.32. The van der Waals surface area contributed by atoms with Gasteiger partial charge in [0.1, 0.15) is 0 Å². The molecule has 0 aromatic heterocycles. The zero-order chi connectivity index (χ0) is 16.0. The Bertz CT molecular complexity index is 519. The average molecular weight is 404 g/mol. The van der Waals surface area contributed by atoms with Gasteiger partial charge in [-0.1, -0.05) is 57.0 Å². The molecular weight excluding hydrogens is 379 g/mol. The second-order valence-corrected chi connectivity index (χ2v) is 5.18. The fourth-order valence-corrected chi connectivity index (χ4v) is 2.04. The van der Waals surface area contributed by atoms with Crippen LogP contribution in [-0.4, -0.2) is 0 Å². The van der Waals surface area contributed by atoms with E-state index in [1.54, 1.807) is 0 Å². The predicted molar refractivity (Wildman–Crippen MR) is 98.8 cm³/mol. The van der Waals surface area contributed by atoms with Crippen molar-refractivity contribution in [3.8, 4) is 0 Å². The molecule has 0 saturated heterocycles. The average Bonchev–Trinajstić information content (AvgIpc) is 3.29. The molecule has 0 aliphatic rings. The molecular formula is C21H25ClZr. The first-order valence-corrected chi connectivity index (χ1v) is 8.34. The third-order valence-electron chi connectivity index (χ3n) is 3.28. The molecule has 0 bridgehead atoms. The van der Waals surface area contributed by atoms with E-state index in [2.05, 4.69) is 62.4 Å². The van der Waals surface area contributed by atoms with Crippen molar-refractivity contribution >= 4 is 11.6 Å². The first kappa shape index (κ1) is 22.1. The molecule has 0 amide bonds. The second kappa shape index (κ2) is 14.7. The van der Waals surface area contributed by atoms with Gasteiger partial charge < -0.3 is 0 Å². The van der Waals surface area contributed by atoms with Crippen LogP contribution in [0.25, 0.3) is 0 Å². The summed E-state index contributed by atoms with van der Waals surface area (Å²) in [5.74, 6) is 0.612. The zero-order valence-electron chi connectivity index (χ0n) is 14.0. The maximum atomic E-state index is 5.53. The second-order valence-electron chi connectivity index (χ2n) is 4.91. The minimum absolute atomic E-state index is 0. The van der Waals surface area contributed by atoms with E-state index in [4.69, 9.17) is 11.6 Å². The Kier molecular flexibility index (Phi) is 14.1. The van der Waals surface area contributed by atoms with Gasteiger partial charge >= 0.3 is 26.2 Å². The summed E-state index contributed by atoms with van der Waals surface area (Å²) >= 11 is 5.53. The van der Waals surface area contributed by atoms with Gasteiger partial charge in [-0.3, -0.25) is 0 Å². The molecule has 0 fully saturated rings. The number of aryl methyl sites for hydroxylation is 2. The predicted octanol–water partition coefficient (Wildman–Crippen LogP) is 6.36. The van der Waals surface area contributed by atoms with Gasteiger partial charge in [-0.05, 0) is 5.56 Å². The van der Waals surface area contributed by atoms with Crippen molar-refractivity contribution in [3.63, 3.8) is 0 Å². The molecule has 3 aromatic carbocycles. The molecule has 0 aliphatic heterocycles. The number of hydrogen-bond acceptors (Lipinski definition) is 0. The molecule has 0 spiro atoms. The molecule has 0 N–H and O–H groups in total. The van der Waals surface area contributed by atoms with Crippen molar-refractivity contribution in [2.45, 2.75) is 32.6 Å². The van der Waals surface area contributed by atoms with Crippen molar-refractivity contribution in [1.29, 1.82) is 0 Å². The molecule has 0 radical (unpaired) electrons. The van der Waals surface area contributed by atoms with E-state index < -0.39 is 0 Å². The van der Waals surface area contributed by atoms with Gasteiger partial charge in [0, 0.05) is 5.88 Å². The molecule has 0 unspecified atom stereocenters. The smallest absolute Gasteiger partial charge is 0.213 e. The van der Waals surface area contributed by atoms with E-state index in [-0.39, 0.29) is 26.2 Å². The molecule has 0 saturated carbocycles. The third kappa shape index (κ3) is 10.5. The first-order chi connectivity index (χ1) is 10.8. The molecule has 3 rings (SSSR count). The van der Waals surface area contributed by atoms with Crippen LogP contribution in [0.5, 0.6) is 0 Å². The van der Waals surface area contributed by atoms with Crippen LogP contribution < -0.4 is 0 Å². The first-order valence-electron chi connectivity index (χ1n) is 7.81. The maximum Gasteiger partial charge on any atom is 2.00 e. The SMILES string of the molecule is CC[c-]1cccc1.CC[c-]1cccc1.ClCc1ccccc1.[Zr+2]. The molecule has 2 heteroatoms. The van der Waals surface area contributed by atoms with Crippen LogP contribution in [0.2, 0.25) is 0 Å². The Balaban J connectivity index is 0.000000310. The quantitative estimate of drug-likeness (QED) is 0.352. The number of benzene rings is 1. The summed E-state index contributed by atoms with van der Waals surface area (Å²) in [5.41, 5.74) is 4.04. The maximum absolute atomic E-state index is 5.53. The molecule has 120 valence electrons. The molecule has 3 aromatic rings. The van der Waals surface area contributed by atoms with Gasteiger partial charge in [0.05, 0.1) is 0 Å². The van der Waals surface area contributed by atoms with Crippen LogP contribution in [0.1, 0.15) is 30.5 Å². The van der Waals surface area contributed by atoms with Gasteiger partial charge in [-0.15, -0.1) is 11.6 Å². The summed E-state index contributed by atoms with van der Waals surface area (Å²) in [7, 11) is 0. The van der Waals surface area contributed by atoms with Crippen LogP contribution in [0.15, 0.2) is 78.9 Å². The number of hydrogen-bond donors (Lipinski definition) is 0. The third-order valence-corrected chi connectivity index (χ3v) is 3.59. The summed E-state index contributed by atoms with van der Waals surface area (Å²) in [6.45, 7) is 4.32. The number of rotatable bonds is 3. The van der Waals surface area contributed by atoms with Crippen molar-refractivity contribution < 1.29 is 26.2 Å². The van der Waals surface area contributed by atoms with Crippen molar-refractivity contribution in [2.75, 3.05) is 0 Å². The topological polar surface area (TPSA) is 0 Å². The minimum Gasteiger partial charge on any atom is -0.213 e. The fourth-order valence-electron chi connectivity index (χ4n) is 1.87. The monoisotopic (exact) mass is 402 g/mol. The summed E-state index contributed by atoms with van der Waals surface area (Å²) in [5, 5.41) is 0. The molecule has 0 aliphatic carbocycles. The van der Waals surface area contributed by atoms with Gasteiger partial charge in [0.15, 0.2) is 0 Å². The standard InChI is InChI=1S/C7H7Cl.2C7H9.Zr/c8-6-7-4-2-1-3-5-7;2*1-2-7-5-3-4-6-7;/h1-5H,6H2;2*3-6H,2H2,1H3;/q;2*-1;+2. The Morgan fingerprint density at radius 3 is 1.30 bits per heavy atom. The van der Waals surface area contributed by atoms with Crippen molar-refractivity contribution in [3.05, 3.63) is 95.6 Å². The van der Waals surface area contributed by atoms with Gasteiger partial charge in [0.25, 0.3) is 0 Å². The summed E-state index contributed by atoms with van der Waals surface area (Å²) < 4.78 is 0. The minimum atomic E-state index is 0. The summed E-state index contributed by atoms with van der Waals surface area (Å²) in [4.78, 5) is 0. The normalized spacial score (nSPS) is 8.83. The van der Waals surface area contributed by atoms with Crippen LogP contribution in [0.3, 0.4) is 0 Å². The van der Waals surface area contributed by atoms with E-state index in [1.807, 2.05) is 30.3 Å². The van der Waals surface area contributed by atoms with Crippen LogP contribution >= 0.6 is 11.6 Å². The Labute approximate surface area is 165 Å². The van der Waals surface area contributed by atoms with E-state index >= 15 is 0 Å². The van der Waals surface area contributed by atoms with Crippen molar-refractivity contribution in [1.82, 2.24) is 0 Å². The van der Waals surface area contributed by atoms with Crippen LogP contribution in [-0.2, 0) is 44.9 Å². The van der Waals surface area contributed by atoms with Crippen LogP contribution in [0.4, 0.5) is 0 Å². The zero-order valence-corrected chi connectivity index (χ0v) is 17.2. The van der Waals surface area contributed by atoms with Gasteiger partial charge in [0.2, 0.25) is 0 Å². The number of alkyl halides is 1. The Morgan fingerprint density at radius 1 is 0.696 bits per heavy atom. The number of halogens is 1. The van der Waals surface area contributed by atoms with Crippen molar-refractivity contribution in [2.24, 2.45) is 0 Å². The molecule has 23 heavy (non-hydrogen) atoms. The summed E-state index contributed by atoms with van der Waals surface area (Å²) in [6, 6.07) is 26.8. The molecule has 0 atom stereocenters. The Morgan fingerprint density at radius 2 is 1.09 bits per heavy atom. The van der Waals surface area contributed by atoms with E-state index in [0.717, 1.165) is 12.8 Å². The fraction of sp³-hybridized carbons (Fsp3) is 0.238.